The minimum Gasteiger partial charge on any atom is -0.370 e. The largest absolute Gasteiger partial charge is 0.370 e. The minimum absolute atomic E-state index is 1.00. The molecule has 3 heteroatoms. The molecule has 1 aromatic heterocycles. The Bertz CT molecular complexity index is 289. The van der Waals surface area contributed by atoms with E-state index in [9.17, 15) is 0 Å². The molecule has 0 atom stereocenters. The Labute approximate surface area is 103 Å². The molecule has 0 fully saturated rings. The number of thioether (sulfide) groups is 1. The van der Waals surface area contributed by atoms with E-state index in [0.717, 1.165) is 18.1 Å². The van der Waals surface area contributed by atoms with E-state index >= 15 is 0 Å². The first-order chi connectivity index (χ1) is 7.83. The van der Waals surface area contributed by atoms with Crippen LogP contribution in [0.25, 0.3) is 0 Å². The maximum absolute atomic E-state index is 4.41. The second-order valence-electron chi connectivity index (χ2n) is 4.00. The van der Waals surface area contributed by atoms with Gasteiger partial charge in [0.25, 0.3) is 0 Å². The third-order valence-corrected chi connectivity index (χ3v) is 3.17. The summed E-state index contributed by atoms with van der Waals surface area (Å²) in [5, 5.41) is 3.36. The predicted molar refractivity (Wildman–Crippen MR) is 74.3 cm³/mol. The molecule has 0 aliphatic carbocycles. The van der Waals surface area contributed by atoms with Crippen LogP contribution in [0.4, 0.5) is 5.82 Å². The number of rotatable bonds is 8. The number of nitrogens with zero attached hydrogens (tertiary/aromatic N) is 1. The Morgan fingerprint density at radius 3 is 2.75 bits per heavy atom. The van der Waals surface area contributed by atoms with Crippen LogP contribution in [0.15, 0.2) is 18.2 Å². The monoisotopic (exact) mass is 238 g/mol. The summed E-state index contributed by atoms with van der Waals surface area (Å²) < 4.78 is 0. The summed E-state index contributed by atoms with van der Waals surface area (Å²) in [5.41, 5.74) is 1.07. The number of aryl methyl sites for hydroxylation is 1. The summed E-state index contributed by atoms with van der Waals surface area (Å²) in [4.78, 5) is 4.41. The molecular formula is C13H22N2S. The molecule has 0 spiro atoms. The first kappa shape index (κ1) is 13.4. The zero-order chi connectivity index (χ0) is 11.6. The molecule has 0 radical (unpaired) electrons. The zero-order valence-electron chi connectivity index (χ0n) is 10.3. The number of pyridine rings is 1. The fourth-order valence-electron chi connectivity index (χ4n) is 1.58. The normalized spacial score (nSPS) is 10.4. The van der Waals surface area contributed by atoms with Gasteiger partial charge in [-0.25, -0.2) is 4.98 Å². The molecule has 1 rings (SSSR count). The van der Waals surface area contributed by atoms with E-state index in [1.807, 2.05) is 36.9 Å². The van der Waals surface area contributed by atoms with Crippen molar-refractivity contribution in [2.45, 2.75) is 32.6 Å². The SMILES string of the molecule is CSCCCCCCNc1cccc(C)n1. The zero-order valence-corrected chi connectivity index (χ0v) is 11.1. The standard InChI is InChI=1S/C13H22N2S/c1-12-8-7-9-13(15-12)14-10-5-3-4-6-11-16-2/h7-9H,3-6,10-11H2,1-2H3,(H,14,15). The Morgan fingerprint density at radius 1 is 1.19 bits per heavy atom. The van der Waals surface area contributed by atoms with E-state index in [1.165, 1.54) is 31.4 Å². The molecule has 1 aromatic rings. The summed E-state index contributed by atoms with van der Waals surface area (Å²) in [6.45, 7) is 3.06. The Balaban J connectivity index is 2.03. The highest BCUT2D eigenvalue weighted by atomic mass is 32.2. The van der Waals surface area contributed by atoms with Crippen LogP contribution in [-0.2, 0) is 0 Å². The number of unbranched alkanes of at least 4 members (excludes halogenated alkanes) is 3. The molecule has 0 saturated carbocycles. The van der Waals surface area contributed by atoms with Crippen molar-refractivity contribution in [1.29, 1.82) is 0 Å². The topological polar surface area (TPSA) is 24.9 Å². The van der Waals surface area contributed by atoms with Crippen LogP contribution in [0.3, 0.4) is 0 Å². The number of aromatic nitrogens is 1. The highest BCUT2D eigenvalue weighted by Crippen LogP contribution is 2.06. The van der Waals surface area contributed by atoms with Gasteiger partial charge in [-0.3, -0.25) is 0 Å². The third-order valence-electron chi connectivity index (χ3n) is 2.47. The van der Waals surface area contributed by atoms with Crippen molar-refractivity contribution in [3.05, 3.63) is 23.9 Å². The van der Waals surface area contributed by atoms with Crippen LogP contribution >= 0.6 is 11.8 Å². The molecule has 0 bridgehead atoms. The highest BCUT2D eigenvalue weighted by Gasteiger charge is 1.93. The van der Waals surface area contributed by atoms with E-state index in [2.05, 4.69) is 16.6 Å². The molecule has 0 amide bonds. The van der Waals surface area contributed by atoms with E-state index in [-0.39, 0.29) is 0 Å². The number of anilines is 1. The number of nitrogens with one attached hydrogen (secondary N) is 1. The van der Waals surface area contributed by atoms with Gasteiger partial charge in [0.1, 0.15) is 5.82 Å². The van der Waals surface area contributed by atoms with Crippen molar-refractivity contribution in [2.24, 2.45) is 0 Å². The summed E-state index contributed by atoms with van der Waals surface area (Å²) in [6, 6.07) is 6.09. The summed E-state index contributed by atoms with van der Waals surface area (Å²) >= 11 is 1.94. The molecule has 2 nitrogen and oxygen atoms in total. The Kier molecular flexibility index (Phi) is 7.06. The second kappa shape index (κ2) is 8.45. The van der Waals surface area contributed by atoms with Crippen LogP contribution < -0.4 is 5.32 Å². The second-order valence-corrected chi connectivity index (χ2v) is 4.98. The van der Waals surface area contributed by atoms with Gasteiger partial charge in [0.2, 0.25) is 0 Å². The molecule has 0 aliphatic heterocycles. The van der Waals surface area contributed by atoms with E-state index in [0.29, 0.717) is 0 Å². The fraction of sp³-hybridized carbons (Fsp3) is 0.615. The molecule has 16 heavy (non-hydrogen) atoms. The van der Waals surface area contributed by atoms with Crippen LogP contribution in [0.1, 0.15) is 31.4 Å². The lowest BCUT2D eigenvalue weighted by Gasteiger charge is -2.05. The maximum Gasteiger partial charge on any atom is 0.126 e. The molecule has 1 heterocycles. The van der Waals surface area contributed by atoms with Gasteiger partial charge in [-0.15, -0.1) is 0 Å². The third kappa shape index (κ3) is 6.01. The molecule has 0 aliphatic rings. The van der Waals surface area contributed by atoms with E-state index in [1.54, 1.807) is 0 Å². The van der Waals surface area contributed by atoms with Gasteiger partial charge in [0.15, 0.2) is 0 Å². The van der Waals surface area contributed by atoms with Crippen LogP contribution in [0.2, 0.25) is 0 Å². The fourth-order valence-corrected chi connectivity index (χ4v) is 2.08. The predicted octanol–water partition coefficient (Wildman–Crippen LogP) is 3.73. The minimum atomic E-state index is 1.00. The van der Waals surface area contributed by atoms with Crippen LogP contribution in [0.5, 0.6) is 0 Å². The van der Waals surface area contributed by atoms with Crippen molar-refractivity contribution < 1.29 is 0 Å². The molecule has 0 saturated heterocycles. The van der Waals surface area contributed by atoms with Crippen molar-refractivity contribution in [2.75, 3.05) is 23.9 Å². The molecule has 1 N–H and O–H groups in total. The van der Waals surface area contributed by atoms with E-state index in [4.69, 9.17) is 0 Å². The van der Waals surface area contributed by atoms with Gasteiger partial charge in [0, 0.05) is 12.2 Å². The smallest absolute Gasteiger partial charge is 0.126 e. The van der Waals surface area contributed by atoms with Crippen molar-refractivity contribution in [3.8, 4) is 0 Å². The van der Waals surface area contributed by atoms with Crippen molar-refractivity contribution in [1.82, 2.24) is 4.98 Å². The van der Waals surface area contributed by atoms with Crippen molar-refractivity contribution in [3.63, 3.8) is 0 Å². The first-order valence-corrected chi connectivity index (χ1v) is 7.39. The lowest BCUT2D eigenvalue weighted by molar-refractivity contribution is 0.688. The van der Waals surface area contributed by atoms with E-state index < -0.39 is 0 Å². The summed E-state index contributed by atoms with van der Waals surface area (Å²) in [6.07, 6.45) is 7.43. The lowest BCUT2D eigenvalue weighted by atomic mass is 10.2. The highest BCUT2D eigenvalue weighted by molar-refractivity contribution is 7.98. The summed E-state index contributed by atoms with van der Waals surface area (Å²) in [7, 11) is 0. The van der Waals surface area contributed by atoms with Crippen LogP contribution in [-0.4, -0.2) is 23.5 Å². The van der Waals surface area contributed by atoms with Gasteiger partial charge in [-0.2, -0.15) is 11.8 Å². The average molecular weight is 238 g/mol. The first-order valence-electron chi connectivity index (χ1n) is 5.99. The maximum atomic E-state index is 4.41. The number of hydrogen-bond donors (Lipinski definition) is 1. The molecule has 0 aromatic carbocycles. The number of hydrogen-bond acceptors (Lipinski definition) is 3. The Morgan fingerprint density at radius 2 is 2.00 bits per heavy atom. The summed E-state index contributed by atoms with van der Waals surface area (Å²) in [5.74, 6) is 2.30. The van der Waals surface area contributed by atoms with Gasteiger partial charge >= 0.3 is 0 Å². The lowest BCUT2D eigenvalue weighted by Crippen LogP contribution is -2.03. The van der Waals surface area contributed by atoms with Gasteiger partial charge in [-0.05, 0) is 43.9 Å². The quantitative estimate of drug-likeness (QED) is 0.699. The van der Waals surface area contributed by atoms with Crippen molar-refractivity contribution >= 4 is 17.6 Å². The Hall–Kier alpha value is -0.700. The molecule has 90 valence electrons. The molecule has 0 unspecified atom stereocenters. The molecular weight excluding hydrogens is 216 g/mol. The van der Waals surface area contributed by atoms with Gasteiger partial charge in [0.05, 0.1) is 0 Å². The average Bonchev–Trinajstić information content (AvgIpc) is 2.28. The van der Waals surface area contributed by atoms with Gasteiger partial charge in [-0.1, -0.05) is 18.9 Å². The van der Waals surface area contributed by atoms with Crippen LogP contribution in [0, 0.1) is 6.92 Å². The van der Waals surface area contributed by atoms with Gasteiger partial charge < -0.3 is 5.32 Å².